The lowest BCUT2D eigenvalue weighted by molar-refractivity contribution is 0.229. The monoisotopic (exact) mass is 221 g/mol. The first-order valence-electron chi connectivity index (χ1n) is 6.23. The Bertz CT molecular complexity index is 365. The summed E-state index contributed by atoms with van der Waals surface area (Å²) in [5.74, 6) is 1.01. The first-order chi connectivity index (χ1) is 7.46. The van der Waals surface area contributed by atoms with Gasteiger partial charge in [0.05, 0.1) is 5.69 Å². The SMILES string of the molecule is Cc1cn(C)c(NC2CCCC(C)(C)C2)n1. The Morgan fingerprint density at radius 2 is 2.25 bits per heavy atom. The van der Waals surface area contributed by atoms with Crippen LogP contribution in [0.5, 0.6) is 0 Å². The summed E-state index contributed by atoms with van der Waals surface area (Å²) in [5.41, 5.74) is 1.57. The summed E-state index contributed by atoms with van der Waals surface area (Å²) in [6, 6.07) is 0.587. The first-order valence-corrected chi connectivity index (χ1v) is 6.23. The van der Waals surface area contributed by atoms with Gasteiger partial charge in [0, 0.05) is 19.3 Å². The van der Waals surface area contributed by atoms with Crippen molar-refractivity contribution in [2.45, 2.75) is 52.5 Å². The summed E-state index contributed by atoms with van der Waals surface area (Å²) in [6.45, 7) is 6.77. The Morgan fingerprint density at radius 3 is 2.81 bits per heavy atom. The molecule has 1 fully saturated rings. The molecule has 0 bridgehead atoms. The van der Waals surface area contributed by atoms with Gasteiger partial charge in [0.25, 0.3) is 0 Å². The minimum Gasteiger partial charge on any atom is -0.353 e. The van der Waals surface area contributed by atoms with Gasteiger partial charge in [0.1, 0.15) is 0 Å². The second kappa shape index (κ2) is 4.11. The van der Waals surface area contributed by atoms with Crippen LogP contribution < -0.4 is 5.32 Å². The standard InChI is InChI=1S/C13H23N3/c1-10-9-16(4)12(14-10)15-11-6-5-7-13(2,3)8-11/h9,11H,5-8H2,1-4H3,(H,14,15). The van der Waals surface area contributed by atoms with Gasteiger partial charge in [-0.1, -0.05) is 20.3 Å². The van der Waals surface area contributed by atoms with E-state index in [-0.39, 0.29) is 0 Å². The van der Waals surface area contributed by atoms with Crippen molar-refractivity contribution in [3.63, 3.8) is 0 Å². The van der Waals surface area contributed by atoms with E-state index < -0.39 is 0 Å². The summed E-state index contributed by atoms with van der Waals surface area (Å²) < 4.78 is 2.08. The van der Waals surface area contributed by atoms with Gasteiger partial charge in [-0.25, -0.2) is 4.98 Å². The molecule has 0 aromatic carbocycles. The molecule has 1 aliphatic carbocycles. The Balaban J connectivity index is 2.02. The predicted octanol–water partition coefficient (Wildman–Crippen LogP) is 3.11. The van der Waals surface area contributed by atoms with Crippen molar-refractivity contribution in [3.8, 4) is 0 Å². The van der Waals surface area contributed by atoms with Crippen molar-refractivity contribution < 1.29 is 0 Å². The van der Waals surface area contributed by atoms with Crippen LogP contribution in [0.2, 0.25) is 0 Å². The molecule has 2 rings (SSSR count). The fourth-order valence-corrected chi connectivity index (χ4v) is 2.75. The highest BCUT2D eigenvalue weighted by atomic mass is 15.2. The van der Waals surface area contributed by atoms with E-state index in [1.165, 1.54) is 25.7 Å². The molecule has 1 aromatic rings. The topological polar surface area (TPSA) is 29.9 Å². The molecular weight excluding hydrogens is 198 g/mol. The molecule has 0 saturated heterocycles. The van der Waals surface area contributed by atoms with Gasteiger partial charge in [-0.15, -0.1) is 0 Å². The van der Waals surface area contributed by atoms with Crippen LogP contribution in [0.3, 0.4) is 0 Å². The zero-order chi connectivity index (χ0) is 11.8. The lowest BCUT2D eigenvalue weighted by Crippen LogP contribution is -2.32. The van der Waals surface area contributed by atoms with Gasteiger partial charge in [0.15, 0.2) is 0 Å². The second-order valence-corrected chi connectivity index (χ2v) is 5.92. The van der Waals surface area contributed by atoms with Crippen molar-refractivity contribution in [3.05, 3.63) is 11.9 Å². The van der Waals surface area contributed by atoms with Gasteiger partial charge >= 0.3 is 0 Å². The van der Waals surface area contributed by atoms with Crippen LogP contribution in [-0.2, 0) is 7.05 Å². The molecule has 1 saturated carbocycles. The number of aromatic nitrogens is 2. The average Bonchev–Trinajstić information content (AvgIpc) is 2.43. The van der Waals surface area contributed by atoms with Gasteiger partial charge in [-0.3, -0.25) is 0 Å². The van der Waals surface area contributed by atoms with Crippen molar-refractivity contribution in [2.75, 3.05) is 5.32 Å². The first kappa shape index (κ1) is 11.5. The van der Waals surface area contributed by atoms with E-state index in [1.807, 2.05) is 6.92 Å². The van der Waals surface area contributed by atoms with E-state index in [1.54, 1.807) is 0 Å². The third-order valence-corrected chi connectivity index (χ3v) is 3.54. The Morgan fingerprint density at radius 1 is 1.50 bits per heavy atom. The summed E-state index contributed by atoms with van der Waals surface area (Å²) in [6.07, 6.45) is 7.27. The number of aryl methyl sites for hydroxylation is 2. The van der Waals surface area contributed by atoms with Crippen LogP contribution in [-0.4, -0.2) is 15.6 Å². The maximum Gasteiger partial charge on any atom is 0.202 e. The molecule has 1 unspecified atom stereocenters. The quantitative estimate of drug-likeness (QED) is 0.831. The minimum atomic E-state index is 0.482. The highest BCUT2D eigenvalue weighted by Gasteiger charge is 2.28. The third-order valence-electron chi connectivity index (χ3n) is 3.54. The van der Waals surface area contributed by atoms with Crippen molar-refractivity contribution in [2.24, 2.45) is 12.5 Å². The minimum absolute atomic E-state index is 0.482. The number of nitrogens with one attached hydrogen (secondary N) is 1. The van der Waals surface area contributed by atoms with Crippen LogP contribution in [0.15, 0.2) is 6.20 Å². The Kier molecular flexibility index (Phi) is 2.96. The van der Waals surface area contributed by atoms with Crippen LogP contribution in [0.1, 0.15) is 45.2 Å². The van der Waals surface area contributed by atoms with Crippen molar-refractivity contribution >= 4 is 5.95 Å². The molecule has 1 atom stereocenters. The number of rotatable bonds is 2. The lowest BCUT2D eigenvalue weighted by Gasteiger charge is -2.35. The number of anilines is 1. The smallest absolute Gasteiger partial charge is 0.202 e. The van der Waals surface area contributed by atoms with Crippen LogP contribution in [0, 0.1) is 12.3 Å². The fourth-order valence-electron chi connectivity index (χ4n) is 2.75. The maximum absolute atomic E-state index is 4.50. The van der Waals surface area contributed by atoms with Gasteiger partial charge in [-0.05, 0) is 31.6 Å². The van der Waals surface area contributed by atoms with E-state index in [4.69, 9.17) is 0 Å². The number of hydrogen-bond donors (Lipinski definition) is 1. The van der Waals surface area contributed by atoms with E-state index in [0.717, 1.165) is 11.6 Å². The molecule has 0 radical (unpaired) electrons. The normalized spacial score (nSPS) is 24.4. The van der Waals surface area contributed by atoms with Crippen molar-refractivity contribution in [1.82, 2.24) is 9.55 Å². The Labute approximate surface area is 98.3 Å². The van der Waals surface area contributed by atoms with E-state index >= 15 is 0 Å². The molecule has 1 aliphatic rings. The van der Waals surface area contributed by atoms with Crippen molar-refractivity contribution in [1.29, 1.82) is 0 Å². The van der Waals surface area contributed by atoms with Gasteiger partial charge < -0.3 is 9.88 Å². The molecule has 1 heterocycles. The molecular formula is C13H23N3. The molecule has 0 spiro atoms. The van der Waals surface area contributed by atoms with E-state index in [2.05, 4.69) is 42.0 Å². The molecule has 0 amide bonds. The summed E-state index contributed by atoms with van der Waals surface area (Å²) in [5, 5.41) is 3.58. The number of hydrogen-bond acceptors (Lipinski definition) is 2. The number of nitrogens with zero attached hydrogens (tertiary/aromatic N) is 2. The molecule has 3 heteroatoms. The predicted molar refractivity (Wildman–Crippen MR) is 67.6 cm³/mol. The fraction of sp³-hybridized carbons (Fsp3) is 0.769. The molecule has 1 N–H and O–H groups in total. The molecule has 3 nitrogen and oxygen atoms in total. The van der Waals surface area contributed by atoms with Crippen LogP contribution in [0.4, 0.5) is 5.95 Å². The molecule has 0 aliphatic heterocycles. The lowest BCUT2D eigenvalue weighted by atomic mass is 9.75. The zero-order valence-corrected chi connectivity index (χ0v) is 10.9. The summed E-state index contributed by atoms with van der Waals surface area (Å²) >= 11 is 0. The van der Waals surface area contributed by atoms with E-state index in [9.17, 15) is 0 Å². The molecule has 16 heavy (non-hydrogen) atoms. The molecule has 90 valence electrons. The van der Waals surface area contributed by atoms with Gasteiger partial charge in [0.2, 0.25) is 5.95 Å². The zero-order valence-electron chi connectivity index (χ0n) is 10.9. The number of imidazole rings is 1. The summed E-state index contributed by atoms with van der Waals surface area (Å²) in [4.78, 5) is 4.50. The van der Waals surface area contributed by atoms with Crippen LogP contribution in [0.25, 0.3) is 0 Å². The largest absolute Gasteiger partial charge is 0.353 e. The highest BCUT2D eigenvalue weighted by Crippen LogP contribution is 2.36. The van der Waals surface area contributed by atoms with Gasteiger partial charge in [-0.2, -0.15) is 0 Å². The van der Waals surface area contributed by atoms with Crippen LogP contribution >= 0.6 is 0 Å². The third kappa shape index (κ3) is 2.57. The average molecular weight is 221 g/mol. The summed E-state index contributed by atoms with van der Waals surface area (Å²) in [7, 11) is 2.05. The maximum atomic E-state index is 4.50. The van der Waals surface area contributed by atoms with E-state index in [0.29, 0.717) is 11.5 Å². The second-order valence-electron chi connectivity index (χ2n) is 5.92. The highest BCUT2D eigenvalue weighted by molar-refractivity contribution is 5.30. The molecule has 1 aromatic heterocycles. The Hall–Kier alpha value is -0.990.